The van der Waals surface area contributed by atoms with Gasteiger partial charge in [0.25, 0.3) is 0 Å². The molecule has 0 saturated carbocycles. The van der Waals surface area contributed by atoms with Crippen LogP contribution in [0.5, 0.6) is 0 Å². The molecule has 0 spiro atoms. The van der Waals surface area contributed by atoms with Crippen molar-refractivity contribution in [2.45, 2.75) is 13.0 Å². The number of hydrogen-bond donors (Lipinski definition) is 2. The Bertz CT molecular complexity index is 533. The highest BCUT2D eigenvalue weighted by Crippen LogP contribution is 2.16. The number of rotatable bonds is 6. The number of nitrogens with zero attached hydrogens (tertiary/aromatic N) is 4. The summed E-state index contributed by atoms with van der Waals surface area (Å²) in [6, 6.07) is 10.0. The quantitative estimate of drug-likeness (QED) is 0.601. The first kappa shape index (κ1) is 13.1. The van der Waals surface area contributed by atoms with Gasteiger partial charge in [0, 0.05) is 25.7 Å². The summed E-state index contributed by atoms with van der Waals surface area (Å²) in [6.45, 7) is 1.33. The Labute approximate surface area is 112 Å². The van der Waals surface area contributed by atoms with Gasteiger partial charge in [-0.05, 0) is 12.1 Å². The third-order valence-electron chi connectivity index (χ3n) is 2.91. The van der Waals surface area contributed by atoms with Gasteiger partial charge in [-0.15, -0.1) is 0 Å². The summed E-state index contributed by atoms with van der Waals surface area (Å²) in [4.78, 5) is 6.38. The highest BCUT2D eigenvalue weighted by Gasteiger charge is 2.10. The second-order valence-electron chi connectivity index (χ2n) is 4.33. The fourth-order valence-corrected chi connectivity index (χ4v) is 1.83. The van der Waals surface area contributed by atoms with Crippen molar-refractivity contribution in [2.24, 2.45) is 12.8 Å². The van der Waals surface area contributed by atoms with Gasteiger partial charge in [-0.3, -0.25) is 10.1 Å². The summed E-state index contributed by atoms with van der Waals surface area (Å²) in [5.74, 6) is 1.08. The van der Waals surface area contributed by atoms with Crippen molar-refractivity contribution in [3.8, 4) is 0 Å². The Balaban J connectivity index is 2.15. The van der Waals surface area contributed by atoms with Gasteiger partial charge in [-0.2, -0.15) is 5.10 Å². The maximum Gasteiger partial charge on any atom is 0.146 e. The molecule has 0 amide bonds. The molecular formula is C13H18N6. The van der Waals surface area contributed by atoms with Gasteiger partial charge in [-0.25, -0.2) is 4.98 Å². The molecule has 19 heavy (non-hydrogen) atoms. The lowest BCUT2D eigenvalue weighted by Crippen LogP contribution is -2.28. The molecule has 100 valence electrons. The van der Waals surface area contributed by atoms with Crippen LogP contribution in [0.1, 0.15) is 12.2 Å². The van der Waals surface area contributed by atoms with Crippen molar-refractivity contribution in [1.82, 2.24) is 14.8 Å². The second-order valence-corrected chi connectivity index (χ2v) is 4.33. The standard InChI is InChI=1S/C13H18N6/c1-18-13(16-10-17-18)9-19(8-7-12(14)15)11-5-3-2-4-6-11/h2-6,10H,7-9H2,1H3,(H3,14,15). The minimum absolute atomic E-state index is 0.193. The molecule has 0 aliphatic heterocycles. The molecule has 2 aromatic rings. The fourth-order valence-electron chi connectivity index (χ4n) is 1.83. The van der Waals surface area contributed by atoms with Gasteiger partial charge < -0.3 is 10.6 Å². The molecule has 1 aromatic heterocycles. The van der Waals surface area contributed by atoms with E-state index in [9.17, 15) is 0 Å². The maximum absolute atomic E-state index is 7.36. The van der Waals surface area contributed by atoms with Crippen LogP contribution in [0.2, 0.25) is 0 Å². The number of aryl methyl sites for hydroxylation is 1. The average Bonchev–Trinajstić information content (AvgIpc) is 2.81. The van der Waals surface area contributed by atoms with Crippen molar-refractivity contribution in [1.29, 1.82) is 5.41 Å². The summed E-state index contributed by atoms with van der Waals surface area (Å²) >= 11 is 0. The van der Waals surface area contributed by atoms with E-state index in [2.05, 4.69) is 15.0 Å². The SMILES string of the molecule is Cn1ncnc1CN(CCC(=N)N)c1ccccc1. The van der Waals surface area contributed by atoms with Crippen LogP contribution >= 0.6 is 0 Å². The number of nitrogens with one attached hydrogen (secondary N) is 1. The van der Waals surface area contributed by atoms with Crippen molar-refractivity contribution in [2.75, 3.05) is 11.4 Å². The summed E-state index contributed by atoms with van der Waals surface area (Å²) in [7, 11) is 1.87. The summed E-state index contributed by atoms with van der Waals surface area (Å²) in [5.41, 5.74) is 6.54. The van der Waals surface area contributed by atoms with Crippen LogP contribution in [0.25, 0.3) is 0 Å². The number of aromatic nitrogens is 3. The summed E-state index contributed by atoms with van der Waals surface area (Å²) < 4.78 is 1.75. The topological polar surface area (TPSA) is 83.8 Å². The van der Waals surface area contributed by atoms with Crippen LogP contribution < -0.4 is 10.6 Å². The average molecular weight is 258 g/mol. The Kier molecular flexibility index (Phi) is 4.12. The molecule has 3 N–H and O–H groups in total. The second kappa shape index (κ2) is 5.99. The molecule has 0 fully saturated rings. The van der Waals surface area contributed by atoms with Gasteiger partial charge in [0.05, 0.1) is 12.4 Å². The van der Waals surface area contributed by atoms with Gasteiger partial charge in [0.1, 0.15) is 12.2 Å². The monoisotopic (exact) mass is 258 g/mol. The van der Waals surface area contributed by atoms with Gasteiger partial charge in [0.15, 0.2) is 0 Å². The maximum atomic E-state index is 7.36. The van der Waals surface area contributed by atoms with Gasteiger partial charge in [-0.1, -0.05) is 18.2 Å². The molecule has 0 saturated heterocycles. The predicted octanol–water partition coefficient (Wildman–Crippen LogP) is 1.15. The summed E-state index contributed by atoms with van der Waals surface area (Å²) in [6.07, 6.45) is 2.08. The normalized spacial score (nSPS) is 10.4. The molecule has 0 unspecified atom stereocenters. The molecule has 1 aromatic carbocycles. The van der Waals surface area contributed by atoms with E-state index in [1.165, 1.54) is 0 Å². The van der Waals surface area contributed by atoms with Crippen LogP contribution in [-0.4, -0.2) is 27.1 Å². The minimum atomic E-state index is 0.193. The highest BCUT2D eigenvalue weighted by molar-refractivity contribution is 5.77. The Morgan fingerprint density at radius 3 is 2.68 bits per heavy atom. The van der Waals surface area contributed by atoms with Crippen molar-refractivity contribution >= 4 is 11.5 Å². The Morgan fingerprint density at radius 2 is 2.11 bits per heavy atom. The molecule has 0 bridgehead atoms. The Hall–Kier alpha value is -2.37. The Morgan fingerprint density at radius 1 is 1.37 bits per heavy atom. The highest BCUT2D eigenvalue weighted by atomic mass is 15.3. The summed E-state index contributed by atoms with van der Waals surface area (Å²) in [5, 5.41) is 11.4. The smallest absolute Gasteiger partial charge is 0.146 e. The lowest BCUT2D eigenvalue weighted by molar-refractivity contribution is 0.669. The zero-order valence-electron chi connectivity index (χ0n) is 11.0. The molecule has 0 aliphatic rings. The lowest BCUT2D eigenvalue weighted by Gasteiger charge is -2.24. The van der Waals surface area contributed by atoms with E-state index in [0.29, 0.717) is 19.5 Å². The number of anilines is 1. The molecule has 0 aliphatic carbocycles. The van der Waals surface area contributed by atoms with Crippen LogP contribution in [0.15, 0.2) is 36.7 Å². The molecule has 6 nitrogen and oxygen atoms in total. The van der Waals surface area contributed by atoms with E-state index in [1.54, 1.807) is 11.0 Å². The van der Waals surface area contributed by atoms with E-state index >= 15 is 0 Å². The van der Waals surface area contributed by atoms with Gasteiger partial charge >= 0.3 is 0 Å². The molecular weight excluding hydrogens is 240 g/mol. The fraction of sp³-hybridized carbons (Fsp3) is 0.308. The molecule has 0 atom stereocenters. The number of nitrogens with two attached hydrogens (primary N) is 1. The first-order valence-corrected chi connectivity index (χ1v) is 6.12. The molecule has 6 heteroatoms. The van der Waals surface area contributed by atoms with E-state index < -0.39 is 0 Å². The van der Waals surface area contributed by atoms with Crippen molar-refractivity contribution in [3.63, 3.8) is 0 Å². The van der Waals surface area contributed by atoms with Crippen molar-refractivity contribution < 1.29 is 0 Å². The third-order valence-corrected chi connectivity index (χ3v) is 2.91. The van der Waals surface area contributed by atoms with E-state index in [0.717, 1.165) is 11.5 Å². The minimum Gasteiger partial charge on any atom is -0.388 e. The first-order valence-electron chi connectivity index (χ1n) is 6.12. The third kappa shape index (κ3) is 3.54. The zero-order valence-corrected chi connectivity index (χ0v) is 11.0. The van der Waals surface area contributed by atoms with Crippen LogP contribution in [0.3, 0.4) is 0 Å². The van der Waals surface area contributed by atoms with E-state index in [1.807, 2.05) is 37.4 Å². The van der Waals surface area contributed by atoms with Crippen molar-refractivity contribution in [3.05, 3.63) is 42.5 Å². The zero-order chi connectivity index (χ0) is 13.7. The largest absolute Gasteiger partial charge is 0.388 e. The lowest BCUT2D eigenvalue weighted by atomic mass is 10.2. The number of benzene rings is 1. The van der Waals surface area contributed by atoms with Crippen LogP contribution in [0.4, 0.5) is 5.69 Å². The van der Waals surface area contributed by atoms with E-state index in [-0.39, 0.29) is 5.84 Å². The number of amidine groups is 1. The van der Waals surface area contributed by atoms with Crippen LogP contribution in [0, 0.1) is 5.41 Å². The predicted molar refractivity (Wildman–Crippen MR) is 75.0 cm³/mol. The van der Waals surface area contributed by atoms with E-state index in [4.69, 9.17) is 11.1 Å². The number of hydrogen-bond acceptors (Lipinski definition) is 4. The number of para-hydroxylation sites is 1. The first-order chi connectivity index (χ1) is 9.16. The molecule has 2 rings (SSSR count). The van der Waals surface area contributed by atoms with Gasteiger partial charge in [0.2, 0.25) is 0 Å². The molecule has 0 radical (unpaired) electrons. The molecule has 1 heterocycles. The van der Waals surface area contributed by atoms with Crippen LogP contribution in [-0.2, 0) is 13.6 Å².